The van der Waals surface area contributed by atoms with Crippen LogP contribution >= 0.6 is 0 Å². The lowest BCUT2D eigenvalue weighted by Gasteiger charge is -2.27. The molecule has 1 heterocycles. The van der Waals surface area contributed by atoms with Gasteiger partial charge in [-0.3, -0.25) is 4.90 Å². The van der Waals surface area contributed by atoms with Crippen LogP contribution in [0.4, 0.5) is 23.7 Å². The summed E-state index contributed by atoms with van der Waals surface area (Å²) in [5.74, 6) is -0.394. The summed E-state index contributed by atoms with van der Waals surface area (Å²) in [6.07, 6.45) is -5.25. The quantitative estimate of drug-likeness (QED) is 0.840. The Bertz CT molecular complexity index is 688. The molecule has 0 N–H and O–H groups in total. The van der Waals surface area contributed by atoms with E-state index in [1.807, 2.05) is 0 Å². The molecule has 1 aromatic carbocycles. The van der Waals surface area contributed by atoms with Gasteiger partial charge in [-0.1, -0.05) is 6.07 Å². The number of hydrogen-bond donors (Lipinski definition) is 0. The molecule has 23 heavy (non-hydrogen) atoms. The van der Waals surface area contributed by atoms with Crippen LogP contribution in [0.25, 0.3) is 0 Å². The Kier molecular flexibility index (Phi) is 4.88. The highest BCUT2D eigenvalue weighted by atomic mass is 32.2. The molecule has 0 aliphatic carbocycles. The van der Waals surface area contributed by atoms with Gasteiger partial charge in [0, 0.05) is 5.69 Å². The Hall–Kier alpha value is -1.77. The Morgan fingerprint density at radius 3 is 2.61 bits per heavy atom. The number of nitrogens with zero attached hydrogens (tertiary/aromatic N) is 1. The van der Waals surface area contributed by atoms with Crippen molar-refractivity contribution in [2.24, 2.45) is 0 Å². The summed E-state index contributed by atoms with van der Waals surface area (Å²) in [7, 11) is -3.31. The smallest absolute Gasteiger partial charge is 0.416 e. The number of alkyl halides is 3. The van der Waals surface area contributed by atoms with Crippen molar-refractivity contribution in [3.05, 3.63) is 29.8 Å². The summed E-state index contributed by atoms with van der Waals surface area (Å²) in [5.41, 5.74) is -0.939. The third-order valence-corrected chi connectivity index (χ3v) is 5.24. The summed E-state index contributed by atoms with van der Waals surface area (Å²) in [5, 5.41) is 0. The second-order valence-electron chi connectivity index (χ2n) is 5.17. The first-order valence-corrected chi connectivity index (χ1v) is 8.80. The summed E-state index contributed by atoms with van der Waals surface area (Å²) in [4.78, 5) is 13.1. The van der Waals surface area contributed by atoms with Crippen molar-refractivity contribution in [1.29, 1.82) is 0 Å². The van der Waals surface area contributed by atoms with Gasteiger partial charge in [-0.25, -0.2) is 13.2 Å². The summed E-state index contributed by atoms with van der Waals surface area (Å²) in [6.45, 7) is 1.60. The summed E-state index contributed by atoms with van der Waals surface area (Å²) in [6, 6.07) is 3.48. The molecule has 1 amide bonds. The van der Waals surface area contributed by atoms with Gasteiger partial charge in [-0.05, 0) is 31.5 Å². The molecule has 128 valence electrons. The highest BCUT2D eigenvalue weighted by Gasteiger charge is 2.37. The van der Waals surface area contributed by atoms with Gasteiger partial charge in [0.2, 0.25) is 0 Å². The fourth-order valence-corrected chi connectivity index (χ4v) is 4.17. The zero-order chi connectivity index (χ0) is 17.3. The Morgan fingerprint density at radius 1 is 1.39 bits per heavy atom. The Labute approximate surface area is 132 Å². The van der Waals surface area contributed by atoms with Crippen LogP contribution in [0.3, 0.4) is 0 Å². The van der Waals surface area contributed by atoms with Gasteiger partial charge in [-0.15, -0.1) is 0 Å². The lowest BCUT2D eigenvalue weighted by Crippen LogP contribution is -2.41. The van der Waals surface area contributed by atoms with Gasteiger partial charge in [0.25, 0.3) is 0 Å². The van der Waals surface area contributed by atoms with E-state index in [0.29, 0.717) is 0 Å². The van der Waals surface area contributed by atoms with E-state index in [4.69, 9.17) is 4.74 Å². The number of benzene rings is 1. The van der Waals surface area contributed by atoms with Crippen molar-refractivity contribution >= 4 is 21.6 Å². The van der Waals surface area contributed by atoms with Crippen LogP contribution in [-0.4, -0.2) is 38.7 Å². The van der Waals surface area contributed by atoms with Gasteiger partial charge in [0.1, 0.15) is 0 Å². The maximum Gasteiger partial charge on any atom is 0.416 e. The Balaban J connectivity index is 2.40. The molecule has 0 radical (unpaired) electrons. The zero-order valence-electron chi connectivity index (χ0n) is 12.3. The highest BCUT2D eigenvalue weighted by molar-refractivity contribution is 7.91. The zero-order valence-corrected chi connectivity index (χ0v) is 13.2. The number of sulfone groups is 1. The second kappa shape index (κ2) is 6.38. The van der Waals surface area contributed by atoms with Crippen molar-refractivity contribution < 1.29 is 31.1 Å². The summed E-state index contributed by atoms with van der Waals surface area (Å²) < 4.78 is 66.7. The van der Waals surface area contributed by atoms with Crippen LogP contribution in [0, 0.1) is 0 Å². The third kappa shape index (κ3) is 4.15. The van der Waals surface area contributed by atoms with E-state index < -0.39 is 33.7 Å². The molecule has 1 atom stereocenters. The van der Waals surface area contributed by atoms with E-state index in [2.05, 4.69) is 0 Å². The van der Waals surface area contributed by atoms with E-state index in [9.17, 15) is 26.4 Å². The largest absolute Gasteiger partial charge is 0.449 e. The molecule has 1 aliphatic heterocycles. The average Bonchev–Trinajstić information content (AvgIpc) is 2.79. The van der Waals surface area contributed by atoms with E-state index in [1.165, 1.54) is 12.1 Å². The average molecular weight is 351 g/mol. The normalized spacial score (nSPS) is 20.3. The highest BCUT2D eigenvalue weighted by Crippen LogP contribution is 2.33. The van der Waals surface area contributed by atoms with Crippen LogP contribution in [-0.2, 0) is 20.8 Å². The number of halogens is 3. The van der Waals surface area contributed by atoms with E-state index in [0.717, 1.165) is 17.0 Å². The standard InChI is InChI=1S/C14H16F3NO4S/c1-2-22-13(19)18(12-6-7-23(20,21)9-12)11-5-3-4-10(8-11)14(15,16)17/h3-5,8,12H,2,6-7,9H2,1H3. The molecule has 1 fully saturated rings. The van der Waals surface area contributed by atoms with Crippen LogP contribution in [0.5, 0.6) is 0 Å². The fourth-order valence-electron chi connectivity index (χ4n) is 2.47. The number of ether oxygens (including phenoxy) is 1. The lowest BCUT2D eigenvalue weighted by atomic mass is 10.1. The molecule has 0 saturated carbocycles. The lowest BCUT2D eigenvalue weighted by molar-refractivity contribution is -0.137. The number of rotatable bonds is 3. The minimum Gasteiger partial charge on any atom is -0.449 e. The molecular weight excluding hydrogens is 335 g/mol. The van der Waals surface area contributed by atoms with Gasteiger partial charge < -0.3 is 4.74 Å². The van der Waals surface area contributed by atoms with Gasteiger partial charge in [0.15, 0.2) is 9.84 Å². The van der Waals surface area contributed by atoms with Gasteiger partial charge in [-0.2, -0.15) is 13.2 Å². The SMILES string of the molecule is CCOC(=O)N(c1cccc(C(F)(F)F)c1)C1CCS(=O)(=O)C1. The van der Waals surface area contributed by atoms with Crippen LogP contribution < -0.4 is 4.90 Å². The number of carbonyl (C=O) groups is 1. The van der Waals surface area contributed by atoms with Crippen molar-refractivity contribution in [3.63, 3.8) is 0 Å². The summed E-state index contributed by atoms with van der Waals surface area (Å²) >= 11 is 0. The molecule has 1 aromatic rings. The maximum absolute atomic E-state index is 12.9. The monoisotopic (exact) mass is 351 g/mol. The molecule has 0 aromatic heterocycles. The molecule has 1 unspecified atom stereocenters. The van der Waals surface area contributed by atoms with Crippen LogP contribution in [0.2, 0.25) is 0 Å². The third-order valence-electron chi connectivity index (χ3n) is 3.49. The van der Waals surface area contributed by atoms with Gasteiger partial charge >= 0.3 is 12.3 Å². The second-order valence-corrected chi connectivity index (χ2v) is 7.40. The molecule has 1 saturated heterocycles. The predicted octanol–water partition coefficient (Wildman–Crippen LogP) is 2.86. The maximum atomic E-state index is 12.9. The molecule has 2 rings (SSSR count). The molecule has 5 nitrogen and oxygen atoms in total. The van der Waals surface area contributed by atoms with E-state index in [-0.39, 0.29) is 30.2 Å². The topological polar surface area (TPSA) is 63.7 Å². The van der Waals surface area contributed by atoms with Crippen molar-refractivity contribution in [2.45, 2.75) is 25.6 Å². The van der Waals surface area contributed by atoms with Crippen molar-refractivity contribution in [3.8, 4) is 0 Å². The minimum atomic E-state index is -4.56. The first-order valence-electron chi connectivity index (χ1n) is 6.97. The number of hydrogen-bond acceptors (Lipinski definition) is 4. The van der Waals surface area contributed by atoms with Crippen molar-refractivity contribution in [2.75, 3.05) is 23.0 Å². The molecular formula is C14H16F3NO4S. The van der Waals surface area contributed by atoms with E-state index in [1.54, 1.807) is 6.92 Å². The Morgan fingerprint density at radius 2 is 2.09 bits per heavy atom. The first-order chi connectivity index (χ1) is 10.6. The van der Waals surface area contributed by atoms with Crippen LogP contribution in [0.1, 0.15) is 18.9 Å². The first kappa shape index (κ1) is 17.6. The van der Waals surface area contributed by atoms with E-state index >= 15 is 0 Å². The van der Waals surface area contributed by atoms with Crippen LogP contribution in [0.15, 0.2) is 24.3 Å². The number of anilines is 1. The molecule has 0 spiro atoms. The molecule has 9 heteroatoms. The molecule has 1 aliphatic rings. The van der Waals surface area contributed by atoms with Gasteiger partial charge in [0.05, 0.1) is 29.7 Å². The predicted molar refractivity (Wildman–Crippen MR) is 78.0 cm³/mol. The minimum absolute atomic E-state index is 0.0274. The molecule has 0 bridgehead atoms. The number of carbonyl (C=O) groups excluding carboxylic acids is 1. The number of amides is 1. The van der Waals surface area contributed by atoms with Crippen molar-refractivity contribution in [1.82, 2.24) is 0 Å². The fraction of sp³-hybridized carbons (Fsp3) is 0.500.